The Hall–Kier alpha value is -0.540. The van der Waals surface area contributed by atoms with Gasteiger partial charge in [0, 0.05) is 10.5 Å². The van der Waals surface area contributed by atoms with Crippen molar-refractivity contribution in [1.82, 2.24) is 5.32 Å². The van der Waals surface area contributed by atoms with Crippen molar-refractivity contribution in [2.24, 2.45) is 5.41 Å². The summed E-state index contributed by atoms with van der Waals surface area (Å²) in [6, 6.07) is 6.73. The van der Waals surface area contributed by atoms with Gasteiger partial charge in [0.15, 0.2) is 0 Å². The largest absolute Gasteiger partial charge is 0.497 e. The first-order chi connectivity index (χ1) is 8.84. The van der Waals surface area contributed by atoms with Crippen LogP contribution in [0.5, 0.6) is 5.75 Å². The second-order valence-electron chi connectivity index (χ2n) is 6.16. The Morgan fingerprint density at radius 3 is 2.58 bits per heavy atom. The van der Waals surface area contributed by atoms with Gasteiger partial charge in [0.05, 0.1) is 7.11 Å². The monoisotopic (exact) mass is 327 g/mol. The minimum absolute atomic E-state index is 0.275. The van der Waals surface area contributed by atoms with Gasteiger partial charge >= 0.3 is 0 Å². The second kappa shape index (κ2) is 7.30. The Morgan fingerprint density at radius 1 is 1.32 bits per heavy atom. The Kier molecular flexibility index (Phi) is 6.34. The van der Waals surface area contributed by atoms with Crippen LogP contribution in [0.4, 0.5) is 0 Å². The van der Waals surface area contributed by atoms with E-state index < -0.39 is 0 Å². The molecule has 0 unspecified atom stereocenters. The highest BCUT2D eigenvalue weighted by atomic mass is 79.9. The first kappa shape index (κ1) is 16.5. The summed E-state index contributed by atoms with van der Waals surface area (Å²) in [7, 11) is 1.71. The molecule has 1 N–H and O–H groups in total. The molecule has 0 radical (unpaired) electrons. The number of nitrogens with one attached hydrogen (secondary N) is 1. The predicted octanol–water partition coefficient (Wildman–Crippen LogP) is 4.41. The molecule has 0 fully saturated rings. The minimum atomic E-state index is 0.275. The lowest BCUT2D eigenvalue weighted by Crippen LogP contribution is -2.28. The van der Waals surface area contributed by atoms with Crippen LogP contribution in [0.2, 0.25) is 0 Å². The van der Waals surface area contributed by atoms with Crippen LogP contribution < -0.4 is 10.1 Å². The third kappa shape index (κ3) is 5.96. The fourth-order valence-corrected chi connectivity index (χ4v) is 2.50. The lowest BCUT2D eigenvalue weighted by Gasteiger charge is -2.26. The summed E-state index contributed by atoms with van der Waals surface area (Å²) in [6.07, 6.45) is 2.21. The van der Waals surface area contributed by atoms with Crippen LogP contribution in [0, 0.1) is 5.41 Å². The van der Waals surface area contributed by atoms with E-state index in [0.717, 1.165) is 29.6 Å². The molecule has 0 aromatic heterocycles. The predicted molar refractivity (Wildman–Crippen MR) is 85.9 cm³/mol. The molecule has 19 heavy (non-hydrogen) atoms. The van der Waals surface area contributed by atoms with E-state index in [-0.39, 0.29) is 5.41 Å². The average molecular weight is 328 g/mol. The average Bonchev–Trinajstić information content (AvgIpc) is 2.31. The van der Waals surface area contributed by atoms with E-state index in [1.165, 1.54) is 5.56 Å². The van der Waals surface area contributed by atoms with Gasteiger partial charge in [0.25, 0.3) is 0 Å². The maximum atomic E-state index is 5.30. The van der Waals surface area contributed by atoms with Crippen molar-refractivity contribution in [3.63, 3.8) is 0 Å². The van der Waals surface area contributed by atoms with Crippen LogP contribution in [0.3, 0.4) is 0 Å². The van der Waals surface area contributed by atoms with Crippen molar-refractivity contribution in [1.29, 1.82) is 0 Å². The van der Waals surface area contributed by atoms with Gasteiger partial charge < -0.3 is 10.1 Å². The van der Waals surface area contributed by atoms with Gasteiger partial charge in [-0.2, -0.15) is 0 Å². The maximum absolute atomic E-state index is 5.30. The van der Waals surface area contributed by atoms with Crippen molar-refractivity contribution >= 4 is 15.9 Å². The van der Waals surface area contributed by atoms with Gasteiger partial charge in [-0.05, 0) is 48.6 Å². The third-order valence-electron chi connectivity index (χ3n) is 3.28. The van der Waals surface area contributed by atoms with Crippen LogP contribution in [0.25, 0.3) is 0 Å². The molecule has 0 bridgehead atoms. The van der Waals surface area contributed by atoms with E-state index in [0.29, 0.717) is 6.04 Å². The molecule has 0 heterocycles. The van der Waals surface area contributed by atoms with Crippen LogP contribution in [-0.4, -0.2) is 19.7 Å². The highest BCUT2D eigenvalue weighted by molar-refractivity contribution is 9.10. The number of ether oxygens (including phenoxy) is 1. The molecule has 3 heteroatoms. The molecule has 1 rings (SSSR count). The van der Waals surface area contributed by atoms with Crippen LogP contribution >= 0.6 is 15.9 Å². The lowest BCUT2D eigenvalue weighted by molar-refractivity contribution is 0.319. The van der Waals surface area contributed by atoms with Crippen LogP contribution in [0.1, 0.15) is 39.7 Å². The highest BCUT2D eigenvalue weighted by Crippen LogP contribution is 2.31. The van der Waals surface area contributed by atoms with Crippen molar-refractivity contribution in [2.75, 3.05) is 13.7 Å². The molecule has 0 aliphatic rings. The van der Waals surface area contributed by atoms with Gasteiger partial charge in [-0.1, -0.05) is 43.6 Å². The molecule has 0 amide bonds. The molecule has 2 nitrogen and oxygen atoms in total. The fraction of sp³-hybridized carbons (Fsp3) is 0.625. The second-order valence-corrected chi connectivity index (χ2v) is 7.01. The molecule has 0 atom stereocenters. The van der Waals surface area contributed by atoms with Gasteiger partial charge in [0.1, 0.15) is 5.75 Å². The first-order valence-corrected chi connectivity index (χ1v) is 7.69. The molecule has 0 aliphatic heterocycles. The molecular formula is C16H26BrNO. The Bertz CT molecular complexity index is 402. The molecule has 1 aromatic carbocycles. The third-order valence-corrected chi connectivity index (χ3v) is 4.05. The van der Waals surface area contributed by atoms with E-state index in [4.69, 9.17) is 4.74 Å². The molecule has 0 saturated carbocycles. The summed E-state index contributed by atoms with van der Waals surface area (Å²) in [5, 5.41) is 3.49. The normalized spacial score (nSPS) is 11.9. The molecular weight excluding hydrogens is 302 g/mol. The standard InChI is InChI=1S/C16H26BrNO/c1-12(2)18-9-8-16(3,4)11-13-10-14(19-5)6-7-15(13)17/h6-7,10,12,18H,8-9,11H2,1-5H3. The van der Waals surface area contributed by atoms with Crippen molar-refractivity contribution < 1.29 is 4.74 Å². The number of benzene rings is 1. The zero-order valence-electron chi connectivity index (χ0n) is 12.7. The molecule has 0 aliphatic carbocycles. The molecule has 0 saturated heterocycles. The van der Waals surface area contributed by atoms with E-state index in [1.807, 2.05) is 6.07 Å². The van der Waals surface area contributed by atoms with Gasteiger partial charge in [0.2, 0.25) is 0 Å². The van der Waals surface area contributed by atoms with E-state index in [2.05, 4.69) is 61.1 Å². The summed E-state index contributed by atoms with van der Waals surface area (Å²) in [6.45, 7) is 10.1. The lowest BCUT2D eigenvalue weighted by atomic mass is 9.82. The first-order valence-electron chi connectivity index (χ1n) is 6.90. The van der Waals surface area contributed by atoms with E-state index >= 15 is 0 Å². The van der Waals surface area contributed by atoms with Crippen molar-refractivity contribution in [2.45, 2.75) is 46.6 Å². The number of halogens is 1. The smallest absolute Gasteiger partial charge is 0.119 e. The van der Waals surface area contributed by atoms with Gasteiger partial charge in [-0.3, -0.25) is 0 Å². The fourth-order valence-electron chi connectivity index (χ4n) is 2.12. The number of methoxy groups -OCH3 is 1. The molecule has 1 aromatic rings. The molecule has 108 valence electrons. The highest BCUT2D eigenvalue weighted by Gasteiger charge is 2.20. The van der Waals surface area contributed by atoms with Crippen molar-refractivity contribution in [3.8, 4) is 5.75 Å². The molecule has 0 spiro atoms. The van der Waals surface area contributed by atoms with E-state index in [1.54, 1.807) is 7.11 Å². The zero-order valence-corrected chi connectivity index (χ0v) is 14.3. The van der Waals surface area contributed by atoms with E-state index in [9.17, 15) is 0 Å². The van der Waals surface area contributed by atoms with Gasteiger partial charge in [-0.25, -0.2) is 0 Å². The Labute approximate surface area is 126 Å². The number of rotatable bonds is 7. The zero-order chi connectivity index (χ0) is 14.5. The summed E-state index contributed by atoms with van der Waals surface area (Å²) < 4.78 is 6.47. The quantitative estimate of drug-likeness (QED) is 0.800. The summed E-state index contributed by atoms with van der Waals surface area (Å²) in [4.78, 5) is 0. The maximum Gasteiger partial charge on any atom is 0.119 e. The van der Waals surface area contributed by atoms with Crippen LogP contribution in [-0.2, 0) is 6.42 Å². The van der Waals surface area contributed by atoms with Crippen molar-refractivity contribution in [3.05, 3.63) is 28.2 Å². The summed E-state index contributed by atoms with van der Waals surface area (Å²) >= 11 is 3.63. The van der Waals surface area contributed by atoms with Gasteiger partial charge in [-0.15, -0.1) is 0 Å². The van der Waals surface area contributed by atoms with Crippen LogP contribution in [0.15, 0.2) is 22.7 Å². The topological polar surface area (TPSA) is 21.3 Å². The Balaban J connectivity index is 2.66. The summed E-state index contributed by atoms with van der Waals surface area (Å²) in [5.74, 6) is 0.925. The summed E-state index contributed by atoms with van der Waals surface area (Å²) in [5.41, 5.74) is 1.59. The number of hydrogen-bond acceptors (Lipinski definition) is 2. The minimum Gasteiger partial charge on any atom is -0.497 e. The Morgan fingerprint density at radius 2 is 2.00 bits per heavy atom. The number of hydrogen-bond donors (Lipinski definition) is 1. The SMILES string of the molecule is COc1ccc(Br)c(CC(C)(C)CCNC(C)C)c1.